The number of anilines is 1. The highest BCUT2D eigenvalue weighted by Crippen LogP contribution is 2.30. The molecule has 3 aromatic rings. The lowest BCUT2D eigenvalue weighted by Crippen LogP contribution is -2.10. The van der Waals surface area contributed by atoms with Gasteiger partial charge in [0, 0.05) is 29.9 Å². The van der Waals surface area contributed by atoms with Gasteiger partial charge < -0.3 is 15.6 Å². The Morgan fingerprint density at radius 3 is 2.39 bits per heavy atom. The Labute approximate surface area is 177 Å². The minimum Gasteiger partial charge on any atom is -0.359 e. The summed E-state index contributed by atoms with van der Waals surface area (Å²) in [6, 6.07) is 7.43. The van der Waals surface area contributed by atoms with E-state index < -0.39 is 23.4 Å². The summed E-state index contributed by atoms with van der Waals surface area (Å²) in [5, 5.41) is 6.34. The molecule has 0 amide bonds. The van der Waals surface area contributed by atoms with E-state index in [4.69, 9.17) is 0 Å². The number of aromatic amines is 1. The van der Waals surface area contributed by atoms with Crippen molar-refractivity contribution in [3.8, 4) is 0 Å². The summed E-state index contributed by atoms with van der Waals surface area (Å²) in [4.78, 5) is 2.84. The van der Waals surface area contributed by atoms with E-state index in [0.717, 1.165) is 24.3 Å². The van der Waals surface area contributed by atoms with Crippen LogP contribution in [-0.4, -0.2) is 18.6 Å². The molecule has 0 spiro atoms. The average Bonchev–Trinajstić information content (AvgIpc) is 3.09. The molecule has 3 nitrogen and oxygen atoms in total. The van der Waals surface area contributed by atoms with Crippen molar-refractivity contribution in [2.75, 3.05) is 18.9 Å². The summed E-state index contributed by atoms with van der Waals surface area (Å²) in [6.07, 6.45) is -1.13. The van der Waals surface area contributed by atoms with E-state index in [1.54, 1.807) is 25.4 Å². The van der Waals surface area contributed by atoms with Crippen molar-refractivity contribution in [1.29, 1.82) is 0 Å². The quantitative estimate of drug-likeness (QED) is 0.306. The zero-order valence-corrected chi connectivity index (χ0v) is 16.8. The van der Waals surface area contributed by atoms with Crippen molar-refractivity contribution >= 4 is 22.2 Å². The number of nitrogens with one attached hydrogen (secondary N) is 3. The standard InChI is InChI=1S/C12H10F2N2.C11H12F3N/c1-3-7(2)16-12-6-15-11-5-10(14)9(13)4-8(11)12;1-8(7-15-2)9-4-3-5-10(6-9)11(12,13)14/h3-6,15-16H,1-2H2;3-6,15H,1,7H2,2H3. The summed E-state index contributed by atoms with van der Waals surface area (Å²) in [7, 11) is 1.72. The predicted octanol–water partition coefficient (Wildman–Crippen LogP) is 6.50. The van der Waals surface area contributed by atoms with Crippen LogP contribution in [0.5, 0.6) is 0 Å². The van der Waals surface area contributed by atoms with Crippen molar-refractivity contribution in [1.82, 2.24) is 10.3 Å². The molecule has 0 bridgehead atoms. The largest absolute Gasteiger partial charge is 0.416 e. The maximum absolute atomic E-state index is 13.1. The molecule has 0 aliphatic rings. The van der Waals surface area contributed by atoms with Gasteiger partial charge in [0.05, 0.1) is 16.8 Å². The molecule has 0 atom stereocenters. The highest BCUT2D eigenvalue weighted by molar-refractivity contribution is 5.93. The summed E-state index contributed by atoms with van der Waals surface area (Å²) >= 11 is 0. The van der Waals surface area contributed by atoms with Crippen molar-refractivity contribution in [2.45, 2.75) is 6.18 Å². The molecule has 0 fully saturated rings. The van der Waals surface area contributed by atoms with Crippen LogP contribution >= 0.6 is 0 Å². The van der Waals surface area contributed by atoms with Gasteiger partial charge in [-0.3, -0.25) is 0 Å². The number of likely N-dealkylation sites (N-methyl/N-ethyl adjacent to an activating group) is 1. The number of alkyl halides is 3. The predicted molar refractivity (Wildman–Crippen MR) is 116 cm³/mol. The first-order valence-corrected chi connectivity index (χ1v) is 9.11. The number of hydrogen-bond acceptors (Lipinski definition) is 2. The van der Waals surface area contributed by atoms with Gasteiger partial charge in [0.1, 0.15) is 0 Å². The molecule has 164 valence electrons. The summed E-state index contributed by atoms with van der Waals surface area (Å²) in [5.41, 5.74) is 2.27. The van der Waals surface area contributed by atoms with Crippen LogP contribution in [-0.2, 0) is 6.18 Å². The van der Waals surface area contributed by atoms with Gasteiger partial charge in [0.2, 0.25) is 0 Å². The van der Waals surface area contributed by atoms with Gasteiger partial charge in [-0.05, 0) is 42.5 Å². The number of hydrogen-bond donors (Lipinski definition) is 3. The minimum absolute atomic E-state index is 0.474. The molecule has 1 heterocycles. The number of rotatable bonds is 6. The minimum atomic E-state index is -4.30. The second-order valence-corrected chi connectivity index (χ2v) is 6.58. The van der Waals surface area contributed by atoms with Gasteiger partial charge in [-0.15, -0.1) is 0 Å². The van der Waals surface area contributed by atoms with Crippen LogP contribution in [0.3, 0.4) is 0 Å². The van der Waals surface area contributed by atoms with E-state index in [0.29, 0.717) is 40.0 Å². The van der Waals surface area contributed by atoms with Gasteiger partial charge in [-0.25, -0.2) is 8.78 Å². The number of allylic oxidation sites excluding steroid dienone is 1. The van der Waals surface area contributed by atoms with Crippen LogP contribution in [0.1, 0.15) is 11.1 Å². The third-order valence-electron chi connectivity index (χ3n) is 4.25. The molecule has 0 unspecified atom stereocenters. The first-order chi connectivity index (χ1) is 14.6. The molecule has 0 radical (unpaired) electrons. The van der Waals surface area contributed by atoms with Crippen LogP contribution in [0.2, 0.25) is 0 Å². The SMILES string of the molecule is C=C(CNC)c1cccc(C(F)(F)F)c1.C=CC(=C)Nc1c[nH]c2cc(F)c(F)cc12. The maximum Gasteiger partial charge on any atom is 0.416 e. The normalized spacial score (nSPS) is 10.9. The fraction of sp³-hybridized carbons (Fsp3) is 0.130. The second-order valence-electron chi connectivity index (χ2n) is 6.58. The lowest BCUT2D eigenvalue weighted by atomic mass is 10.0. The number of H-pyrrole nitrogens is 1. The number of benzene rings is 2. The third kappa shape index (κ3) is 6.29. The zero-order valence-electron chi connectivity index (χ0n) is 16.8. The molecule has 0 aliphatic carbocycles. The van der Waals surface area contributed by atoms with Crippen molar-refractivity contribution in [3.05, 3.63) is 96.9 Å². The van der Waals surface area contributed by atoms with E-state index >= 15 is 0 Å². The van der Waals surface area contributed by atoms with Gasteiger partial charge in [-0.1, -0.05) is 31.9 Å². The van der Waals surface area contributed by atoms with Gasteiger partial charge >= 0.3 is 6.18 Å². The van der Waals surface area contributed by atoms with E-state index in [-0.39, 0.29) is 0 Å². The second kappa shape index (κ2) is 10.1. The van der Waals surface area contributed by atoms with Crippen LogP contribution < -0.4 is 10.6 Å². The van der Waals surface area contributed by atoms with Crippen molar-refractivity contribution in [3.63, 3.8) is 0 Å². The fourth-order valence-electron chi connectivity index (χ4n) is 2.68. The molecule has 0 saturated carbocycles. The van der Waals surface area contributed by atoms with Crippen molar-refractivity contribution in [2.24, 2.45) is 0 Å². The first kappa shape index (κ1) is 23.9. The monoisotopic (exact) mass is 435 g/mol. The third-order valence-corrected chi connectivity index (χ3v) is 4.25. The lowest BCUT2D eigenvalue weighted by Gasteiger charge is -2.10. The smallest absolute Gasteiger partial charge is 0.359 e. The number of aromatic nitrogens is 1. The Bertz CT molecular complexity index is 1100. The molecule has 3 rings (SSSR count). The molecule has 2 aromatic carbocycles. The van der Waals surface area contributed by atoms with Gasteiger partial charge in [0.15, 0.2) is 11.6 Å². The maximum atomic E-state index is 13.1. The Morgan fingerprint density at radius 1 is 1.10 bits per heavy atom. The fourth-order valence-corrected chi connectivity index (χ4v) is 2.68. The Hall–Kier alpha value is -3.39. The Balaban J connectivity index is 0.000000221. The van der Waals surface area contributed by atoms with E-state index in [1.165, 1.54) is 6.07 Å². The Morgan fingerprint density at radius 2 is 1.77 bits per heavy atom. The van der Waals surface area contributed by atoms with E-state index in [1.807, 2.05) is 0 Å². The highest BCUT2D eigenvalue weighted by Gasteiger charge is 2.30. The summed E-state index contributed by atoms with van der Waals surface area (Å²) in [5.74, 6) is -1.75. The lowest BCUT2D eigenvalue weighted by molar-refractivity contribution is -0.137. The van der Waals surface area contributed by atoms with Gasteiger partial charge in [-0.2, -0.15) is 13.2 Å². The molecular formula is C23H22F5N3. The Kier molecular flexibility index (Phi) is 7.77. The van der Waals surface area contributed by atoms with Crippen LogP contribution in [0.15, 0.2) is 74.1 Å². The zero-order chi connectivity index (χ0) is 23.2. The molecule has 1 aromatic heterocycles. The van der Waals surface area contributed by atoms with Crippen LogP contribution in [0.25, 0.3) is 16.5 Å². The number of halogens is 5. The summed E-state index contributed by atoms with van der Waals surface area (Å²) in [6.45, 7) is 11.4. The average molecular weight is 435 g/mol. The topological polar surface area (TPSA) is 39.8 Å². The molecule has 0 aliphatic heterocycles. The van der Waals surface area contributed by atoms with E-state index in [2.05, 4.69) is 35.4 Å². The molecule has 3 N–H and O–H groups in total. The van der Waals surface area contributed by atoms with Crippen molar-refractivity contribution < 1.29 is 22.0 Å². The molecular weight excluding hydrogens is 413 g/mol. The summed E-state index contributed by atoms with van der Waals surface area (Å²) < 4.78 is 63.1. The highest BCUT2D eigenvalue weighted by atomic mass is 19.4. The van der Waals surface area contributed by atoms with Gasteiger partial charge in [0.25, 0.3) is 0 Å². The molecule has 8 heteroatoms. The molecule has 31 heavy (non-hydrogen) atoms. The molecule has 0 saturated heterocycles. The van der Waals surface area contributed by atoms with E-state index in [9.17, 15) is 22.0 Å². The first-order valence-electron chi connectivity index (χ1n) is 9.11. The van der Waals surface area contributed by atoms with Crippen LogP contribution in [0.4, 0.5) is 27.6 Å². The van der Waals surface area contributed by atoms with Crippen LogP contribution in [0, 0.1) is 11.6 Å². The number of fused-ring (bicyclic) bond motifs is 1.